The minimum Gasteiger partial charge on any atom is -0.481 e. The molecular formula is C20H23ClN2O4. The molecule has 0 heterocycles. The lowest BCUT2D eigenvalue weighted by Crippen LogP contribution is -2.32. The van der Waals surface area contributed by atoms with Gasteiger partial charge in [-0.3, -0.25) is 9.59 Å². The first kappa shape index (κ1) is 20.7. The van der Waals surface area contributed by atoms with Gasteiger partial charge in [-0.1, -0.05) is 23.7 Å². The summed E-state index contributed by atoms with van der Waals surface area (Å²) in [6.07, 6.45) is -0.0353. The molecule has 0 aliphatic carbocycles. The molecule has 144 valence electrons. The normalized spacial score (nSPS) is 11.5. The second-order valence-corrected chi connectivity index (χ2v) is 6.29. The number of amides is 2. The molecule has 0 radical (unpaired) electrons. The average molecular weight is 391 g/mol. The molecule has 0 fully saturated rings. The number of rotatable bonds is 9. The second-order valence-electron chi connectivity index (χ2n) is 5.85. The predicted molar refractivity (Wildman–Crippen MR) is 105 cm³/mol. The fourth-order valence-electron chi connectivity index (χ4n) is 2.31. The van der Waals surface area contributed by atoms with Crippen molar-refractivity contribution in [2.45, 2.75) is 19.4 Å². The third kappa shape index (κ3) is 6.58. The third-order valence-corrected chi connectivity index (χ3v) is 3.99. The summed E-state index contributed by atoms with van der Waals surface area (Å²) in [5.41, 5.74) is 0.820. The van der Waals surface area contributed by atoms with Gasteiger partial charge in [-0.2, -0.15) is 0 Å². The molecule has 0 aliphatic heterocycles. The lowest BCUT2D eigenvalue weighted by molar-refractivity contribution is -0.122. The molecule has 2 aromatic carbocycles. The number of nitrogens with one attached hydrogen (secondary N) is 2. The van der Waals surface area contributed by atoms with E-state index in [1.807, 2.05) is 0 Å². The van der Waals surface area contributed by atoms with Crippen molar-refractivity contribution >= 4 is 29.1 Å². The first-order valence-corrected chi connectivity index (χ1v) is 8.98. The van der Waals surface area contributed by atoms with Crippen molar-refractivity contribution in [3.63, 3.8) is 0 Å². The summed E-state index contributed by atoms with van der Waals surface area (Å²) < 4.78 is 10.6. The molecule has 2 aromatic rings. The van der Waals surface area contributed by atoms with Gasteiger partial charge in [0, 0.05) is 25.3 Å². The summed E-state index contributed by atoms with van der Waals surface area (Å²) in [4.78, 5) is 24.8. The Morgan fingerprint density at radius 1 is 1.11 bits per heavy atom. The molecule has 0 aromatic heterocycles. The molecule has 27 heavy (non-hydrogen) atoms. The number of carbonyl (C=O) groups excluding carboxylic acids is 2. The zero-order valence-electron chi connectivity index (χ0n) is 15.3. The van der Waals surface area contributed by atoms with Crippen molar-refractivity contribution in [2.75, 3.05) is 25.6 Å². The Hall–Kier alpha value is -2.57. The number of anilines is 1. The van der Waals surface area contributed by atoms with Crippen LogP contribution in [0, 0.1) is 0 Å². The Labute approximate surface area is 163 Å². The maximum Gasteiger partial charge on any atom is 0.265 e. The lowest BCUT2D eigenvalue weighted by atomic mass is 10.1. The van der Waals surface area contributed by atoms with E-state index >= 15 is 0 Å². The standard InChI is InChI=1S/C20H23ClN2O4/c1-14(27-16-10-8-15(21)9-11-16)19(24)23-18-7-4-3-6-17(18)20(25)22-12-5-13-26-2/h3-4,6-11,14H,5,12-13H2,1-2H3,(H,22,25)(H,23,24)/t14-/m0/s1. The molecule has 6 nitrogen and oxygen atoms in total. The van der Waals surface area contributed by atoms with E-state index in [4.69, 9.17) is 21.1 Å². The van der Waals surface area contributed by atoms with Gasteiger partial charge in [0.1, 0.15) is 5.75 Å². The number of para-hydroxylation sites is 1. The predicted octanol–water partition coefficient (Wildman–Crippen LogP) is 3.51. The molecule has 0 saturated heterocycles. The Bertz CT molecular complexity index is 765. The van der Waals surface area contributed by atoms with E-state index in [9.17, 15) is 9.59 Å². The van der Waals surface area contributed by atoms with Crippen molar-refractivity contribution in [3.05, 3.63) is 59.1 Å². The highest BCUT2D eigenvalue weighted by atomic mass is 35.5. The Morgan fingerprint density at radius 2 is 1.81 bits per heavy atom. The van der Waals surface area contributed by atoms with E-state index in [1.54, 1.807) is 62.6 Å². The second kappa shape index (κ2) is 10.5. The summed E-state index contributed by atoms with van der Waals surface area (Å²) in [5.74, 6) is -0.0796. The Morgan fingerprint density at radius 3 is 2.52 bits per heavy atom. The number of hydrogen-bond acceptors (Lipinski definition) is 4. The van der Waals surface area contributed by atoms with Crippen LogP contribution in [0.2, 0.25) is 5.02 Å². The fraction of sp³-hybridized carbons (Fsp3) is 0.300. The molecule has 0 saturated carbocycles. The van der Waals surface area contributed by atoms with E-state index in [2.05, 4.69) is 10.6 Å². The Kier molecular flexibility index (Phi) is 8.10. The van der Waals surface area contributed by atoms with Gasteiger partial charge in [0.05, 0.1) is 11.3 Å². The van der Waals surface area contributed by atoms with Crippen LogP contribution in [0.3, 0.4) is 0 Å². The highest BCUT2D eigenvalue weighted by Crippen LogP contribution is 2.19. The van der Waals surface area contributed by atoms with Crippen LogP contribution in [-0.2, 0) is 9.53 Å². The van der Waals surface area contributed by atoms with E-state index in [1.165, 1.54) is 0 Å². The molecule has 2 rings (SSSR count). The topological polar surface area (TPSA) is 76.7 Å². The molecule has 1 atom stereocenters. The Balaban J connectivity index is 1.98. The molecule has 0 aliphatic rings. The maximum atomic E-state index is 12.4. The largest absolute Gasteiger partial charge is 0.481 e. The minimum atomic E-state index is -0.746. The van der Waals surface area contributed by atoms with Crippen LogP contribution in [0.5, 0.6) is 5.75 Å². The van der Waals surface area contributed by atoms with Crippen LogP contribution in [0.25, 0.3) is 0 Å². The van der Waals surface area contributed by atoms with Crippen molar-refractivity contribution in [3.8, 4) is 5.75 Å². The summed E-state index contributed by atoms with van der Waals surface area (Å²) in [6.45, 7) is 2.70. The van der Waals surface area contributed by atoms with E-state index in [-0.39, 0.29) is 11.8 Å². The number of halogens is 1. The van der Waals surface area contributed by atoms with Gasteiger partial charge in [0.15, 0.2) is 6.10 Å². The van der Waals surface area contributed by atoms with E-state index in [0.717, 1.165) is 0 Å². The number of hydrogen-bond donors (Lipinski definition) is 2. The van der Waals surface area contributed by atoms with Gasteiger partial charge in [-0.25, -0.2) is 0 Å². The summed E-state index contributed by atoms with van der Waals surface area (Å²) in [6, 6.07) is 13.6. The fourth-order valence-corrected chi connectivity index (χ4v) is 2.43. The number of benzene rings is 2. The first-order valence-electron chi connectivity index (χ1n) is 8.60. The van der Waals surface area contributed by atoms with Crippen LogP contribution in [0.4, 0.5) is 5.69 Å². The number of methoxy groups -OCH3 is 1. The summed E-state index contributed by atoms with van der Waals surface area (Å²) >= 11 is 5.84. The van der Waals surface area contributed by atoms with Gasteiger partial charge < -0.3 is 20.1 Å². The van der Waals surface area contributed by atoms with E-state index in [0.29, 0.717) is 41.6 Å². The smallest absolute Gasteiger partial charge is 0.265 e. The SMILES string of the molecule is COCCCNC(=O)c1ccccc1NC(=O)[C@H](C)Oc1ccc(Cl)cc1. The average Bonchev–Trinajstić information content (AvgIpc) is 2.67. The quantitative estimate of drug-likeness (QED) is 0.642. The number of ether oxygens (including phenoxy) is 2. The van der Waals surface area contributed by atoms with Gasteiger partial charge in [-0.05, 0) is 49.7 Å². The minimum absolute atomic E-state index is 0.256. The van der Waals surface area contributed by atoms with Crippen LogP contribution in [0.1, 0.15) is 23.7 Å². The monoisotopic (exact) mass is 390 g/mol. The van der Waals surface area contributed by atoms with Crippen LogP contribution in [-0.4, -0.2) is 38.2 Å². The van der Waals surface area contributed by atoms with Crippen molar-refractivity contribution in [2.24, 2.45) is 0 Å². The van der Waals surface area contributed by atoms with E-state index < -0.39 is 6.10 Å². The van der Waals surface area contributed by atoms with Gasteiger partial charge in [0.2, 0.25) is 0 Å². The molecule has 2 amide bonds. The number of carbonyl (C=O) groups is 2. The van der Waals surface area contributed by atoms with Crippen molar-refractivity contribution < 1.29 is 19.1 Å². The first-order chi connectivity index (χ1) is 13.0. The molecule has 0 unspecified atom stereocenters. The van der Waals surface area contributed by atoms with Crippen LogP contribution >= 0.6 is 11.6 Å². The zero-order chi connectivity index (χ0) is 19.6. The maximum absolute atomic E-state index is 12.4. The molecule has 2 N–H and O–H groups in total. The third-order valence-electron chi connectivity index (χ3n) is 3.74. The molecular weight excluding hydrogens is 368 g/mol. The summed E-state index contributed by atoms with van der Waals surface area (Å²) in [7, 11) is 1.61. The summed E-state index contributed by atoms with van der Waals surface area (Å²) in [5, 5.41) is 6.14. The van der Waals surface area contributed by atoms with Crippen LogP contribution < -0.4 is 15.4 Å². The molecule has 7 heteroatoms. The van der Waals surface area contributed by atoms with Crippen LogP contribution in [0.15, 0.2) is 48.5 Å². The highest BCUT2D eigenvalue weighted by molar-refractivity contribution is 6.30. The van der Waals surface area contributed by atoms with Crippen molar-refractivity contribution in [1.29, 1.82) is 0 Å². The molecule has 0 bridgehead atoms. The van der Waals surface area contributed by atoms with Crippen molar-refractivity contribution in [1.82, 2.24) is 5.32 Å². The highest BCUT2D eigenvalue weighted by Gasteiger charge is 2.18. The van der Waals surface area contributed by atoms with Gasteiger partial charge >= 0.3 is 0 Å². The van der Waals surface area contributed by atoms with Gasteiger partial charge in [-0.15, -0.1) is 0 Å². The lowest BCUT2D eigenvalue weighted by Gasteiger charge is -2.16. The van der Waals surface area contributed by atoms with Gasteiger partial charge in [0.25, 0.3) is 11.8 Å². The molecule has 0 spiro atoms. The zero-order valence-corrected chi connectivity index (χ0v) is 16.1.